The number of phenolic OH excluding ortho intramolecular Hbond substituents is 1. The SMILES string of the molecule is Cc1ncsc1-c1ccc(C(C)NC(=O)[C@@H]2C[C@@H](O)CN2C(=O)C(NC(=O)CCCCCCCCC(=O)N2CCN(Cc3cccc(C(C)Oc4cc(-c5ccccc5O)nnc4N)c3)CC2)C(C)(C)C)cc1. The van der Waals surface area contributed by atoms with Gasteiger partial charge in [0.25, 0.3) is 0 Å². The number of aliphatic hydroxyl groups is 1. The number of likely N-dealkylation sites (tertiary alicyclic amines) is 1. The Morgan fingerprint density at radius 3 is 2.23 bits per heavy atom. The van der Waals surface area contributed by atoms with Crippen LogP contribution in [0.1, 0.15) is 127 Å². The van der Waals surface area contributed by atoms with Crippen LogP contribution in [0.2, 0.25) is 0 Å². The Morgan fingerprint density at radius 1 is 0.849 bits per heavy atom. The van der Waals surface area contributed by atoms with Gasteiger partial charge in [0.2, 0.25) is 23.6 Å². The number of para-hydroxylation sites is 1. The van der Waals surface area contributed by atoms with Gasteiger partial charge < -0.3 is 41.1 Å². The zero-order valence-corrected chi connectivity index (χ0v) is 44.0. The summed E-state index contributed by atoms with van der Waals surface area (Å²) in [6.45, 7) is 15.2. The number of amides is 4. The van der Waals surface area contributed by atoms with E-state index in [1.165, 1.54) is 4.90 Å². The van der Waals surface area contributed by atoms with Gasteiger partial charge in [0.05, 0.1) is 28.2 Å². The first kappa shape index (κ1) is 54.3. The minimum Gasteiger partial charge on any atom is -0.507 e. The molecule has 5 atom stereocenters. The van der Waals surface area contributed by atoms with Gasteiger partial charge in [0.15, 0.2) is 11.6 Å². The lowest BCUT2D eigenvalue weighted by Gasteiger charge is -2.35. The summed E-state index contributed by atoms with van der Waals surface area (Å²) >= 11 is 1.58. The number of anilines is 1. The topological polar surface area (TPSA) is 216 Å². The largest absolute Gasteiger partial charge is 0.507 e. The van der Waals surface area contributed by atoms with Crippen LogP contribution in [0.3, 0.4) is 0 Å². The number of ether oxygens (including phenoxy) is 1. The lowest BCUT2D eigenvalue weighted by Crippen LogP contribution is -2.57. The molecular formula is C56H73N9O7S. The molecule has 4 heterocycles. The molecule has 17 heteroatoms. The number of aromatic hydroxyl groups is 1. The van der Waals surface area contributed by atoms with Gasteiger partial charge in [-0.1, -0.05) is 107 Å². The van der Waals surface area contributed by atoms with Crippen LogP contribution in [-0.4, -0.2) is 115 Å². The second-order valence-electron chi connectivity index (χ2n) is 20.7. The van der Waals surface area contributed by atoms with Gasteiger partial charge in [-0.3, -0.25) is 24.1 Å². The number of carbonyl (C=O) groups excluding carboxylic acids is 4. The summed E-state index contributed by atoms with van der Waals surface area (Å²) in [5.41, 5.74) is 13.4. The molecule has 0 spiro atoms. The van der Waals surface area contributed by atoms with Crippen molar-refractivity contribution >= 4 is 40.8 Å². The maximum absolute atomic E-state index is 14.1. The Balaban J connectivity index is 0.772. The number of hydrogen-bond donors (Lipinski definition) is 5. The number of aromatic nitrogens is 3. The van der Waals surface area contributed by atoms with Crippen molar-refractivity contribution in [3.63, 3.8) is 0 Å². The summed E-state index contributed by atoms with van der Waals surface area (Å²) in [4.78, 5) is 65.4. The van der Waals surface area contributed by atoms with E-state index in [-0.39, 0.29) is 66.7 Å². The highest BCUT2D eigenvalue weighted by molar-refractivity contribution is 7.13. The standard InChI is InChI=1S/C56H73N9O7S/c1-36(40-22-24-41(25-23-40)51-37(2)58-35-73-51)59-54(70)46-31-43(66)34-65(46)55(71)52(56(4,5)6)60-49(68)20-11-9-7-8-10-12-21-50(69)64-28-26-63(27-29-64)33-39-16-15-17-42(30-39)38(3)72-48-32-45(61-62-53(48)57)44-18-13-14-19-47(44)67/h13-19,22-25,30,32,35-36,38,43,46,52,66-67H,7-12,20-21,26-29,31,33-34H2,1-6H3,(H2,57,62)(H,59,70)(H,60,68)/t36?,38?,43-,46+,52?/m1/s1. The third-order valence-electron chi connectivity index (χ3n) is 13.9. The number of phenols is 1. The van der Waals surface area contributed by atoms with E-state index in [0.29, 0.717) is 42.9 Å². The molecular weight excluding hydrogens is 943 g/mol. The van der Waals surface area contributed by atoms with Crippen LogP contribution in [0.4, 0.5) is 5.82 Å². The maximum Gasteiger partial charge on any atom is 0.246 e. The quantitative estimate of drug-likeness (QED) is 0.0441. The Labute approximate surface area is 433 Å². The molecule has 2 fully saturated rings. The summed E-state index contributed by atoms with van der Waals surface area (Å²) in [6, 6.07) is 22.8. The van der Waals surface area contributed by atoms with Crippen molar-refractivity contribution in [2.45, 2.75) is 136 Å². The number of hydrogen-bond acceptors (Lipinski definition) is 13. The van der Waals surface area contributed by atoms with Crippen LogP contribution in [0.15, 0.2) is 84.4 Å². The number of nitrogens with one attached hydrogen (secondary N) is 2. The van der Waals surface area contributed by atoms with Gasteiger partial charge >= 0.3 is 0 Å². The number of unbranched alkanes of at least 4 members (excludes halogenated alkanes) is 5. The molecule has 0 bridgehead atoms. The highest BCUT2D eigenvalue weighted by Crippen LogP contribution is 2.34. The number of carbonyl (C=O) groups is 4. The molecule has 5 aromatic rings. The van der Waals surface area contributed by atoms with Gasteiger partial charge in [-0.25, -0.2) is 4.98 Å². The van der Waals surface area contributed by atoms with Crippen molar-refractivity contribution in [3.05, 3.63) is 107 Å². The number of piperazine rings is 1. The minimum atomic E-state index is -0.875. The molecule has 3 aromatic carbocycles. The molecule has 2 aromatic heterocycles. The first-order chi connectivity index (χ1) is 34.9. The predicted molar refractivity (Wildman–Crippen MR) is 284 cm³/mol. The van der Waals surface area contributed by atoms with Gasteiger partial charge in [0, 0.05) is 70.2 Å². The highest BCUT2D eigenvalue weighted by atomic mass is 32.1. The van der Waals surface area contributed by atoms with Crippen LogP contribution < -0.4 is 21.1 Å². The molecule has 2 saturated heterocycles. The Hall–Kier alpha value is -6.43. The molecule has 0 saturated carbocycles. The number of benzene rings is 3. The van der Waals surface area contributed by atoms with Gasteiger partial charge in [-0.15, -0.1) is 21.5 Å². The van der Waals surface area contributed by atoms with Crippen molar-refractivity contribution in [3.8, 4) is 33.2 Å². The fraction of sp³-hybridized carbons (Fsp3) is 0.482. The predicted octanol–water partition coefficient (Wildman–Crippen LogP) is 8.14. The smallest absolute Gasteiger partial charge is 0.246 e. The summed E-state index contributed by atoms with van der Waals surface area (Å²) in [7, 11) is 0. The zero-order valence-electron chi connectivity index (χ0n) is 43.2. The van der Waals surface area contributed by atoms with E-state index in [1.807, 2.05) is 94.4 Å². The normalized spacial score (nSPS) is 17.5. The second-order valence-corrected chi connectivity index (χ2v) is 21.5. The monoisotopic (exact) mass is 1020 g/mol. The summed E-state index contributed by atoms with van der Waals surface area (Å²) in [5.74, 6) is -0.0932. The first-order valence-corrected chi connectivity index (χ1v) is 26.6. The van der Waals surface area contributed by atoms with Gasteiger partial charge in [-0.2, -0.15) is 0 Å². The fourth-order valence-corrected chi connectivity index (χ4v) is 10.4. The van der Waals surface area contributed by atoms with Crippen molar-refractivity contribution in [1.29, 1.82) is 0 Å². The van der Waals surface area contributed by atoms with Crippen molar-refractivity contribution in [1.82, 2.24) is 40.5 Å². The molecule has 2 aliphatic rings. The molecule has 4 amide bonds. The average Bonchev–Trinajstić information content (AvgIpc) is 3.99. The van der Waals surface area contributed by atoms with Crippen LogP contribution in [0.5, 0.6) is 11.5 Å². The van der Waals surface area contributed by atoms with Crippen LogP contribution in [0.25, 0.3) is 21.7 Å². The first-order valence-electron chi connectivity index (χ1n) is 25.7. The van der Waals surface area contributed by atoms with E-state index in [4.69, 9.17) is 10.5 Å². The Morgan fingerprint density at radius 2 is 1.55 bits per heavy atom. The maximum atomic E-state index is 14.1. The molecule has 390 valence electrons. The number of nitrogens with two attached hydrogens (primary N) is 1. The molecule has 16 nitrogen and oxygen atoms in total. The van der Waals surface area contributed by atoms with E-state index >= 15 is 0 Å². The van der Waals surface area contributed by atoms with Gasteiger partial charge in [-0.05, 0) is 73.4 Å². The third kappa shape index (κ3) is 14.6. The molecule has 73 heavy (non-hydrogen) atoms. The number of nitrogen functional groups attached to an aromatic ring is 1. The molecule has 7 rings (SSSR count). The van der Waals surface area contributed by atoms with Crippen molar-refractivity contribution in [2.75, 3.05) is 38.5 Å². The summed E-state index contributed by atoms with van der Waals surface area (Å²) < 4.78 is 6.26. The van der Waals surface area contributed by atoms with Crippen LogP contribution >= 0.6 is 11.3 Å². The third-order valence-corrected chi connectivity index (χ3v) is 14.9. The van der Waals surface area contributed by atoms with Crippen molar-refractivity contribution in [2.24, 2.45) is 5.41 Å². The van der Waals surface area contributed by atoms with E-state index in [0.717, 1.165) is 84.6 Å². The number of aryl methyl sites for hydroxylation is 1. The second kappa shape index (κ2) is 25.0. The van der Waals surface area contributed by atoms with Crippen LogP contribution in [-0.2, 0) is 25.7 Å². The average molecular weight is 1020 g/mol. The van der Waals surface area contributed by atoms with E-state index in [9.17, 15) is 29.4 Å². The number of aliphatic hydroxyl groups excluding tert-OH is 1. The number of β-amino-alcohol motifs (C(OH)–C–C–N with tert-alkyl or cyclic N) is 1. The Kier molecular flexibility index (Phi) is 18.6. The fourth-order valence-electron chi connectivity index (χ4n) is 9.59. The summed E-state index contributed by atoms with van der Waals surface area (Å²) in [6.07, 6.45) is 4.95. The number of nitrogens with zero attached hydrogens (tertiary/aromatic N) is 6. The van der Waals surface area contributed by atoms with Gasteiger partial charge in [0.1, 0.15) is 29.6 Å². The lowest BCUT2D eigenvalue weighted by atomic mass is 9.85. The van der Waals surface area contributed by atoms with E-state index in [2.05, 4.69) is 42.8 Å². The molecule has 0 aliphatic carbocycles. The number of thiazole rings is 1. The molecule has 3 unspecified atom stereocenters. The Bertz CT molecular complexity index is 2660. The van der Waals surface area contributed by atoms with Crippen LogP contribution in [0, 0.1) is 12.3 Å². The number of rotatable bonds is 21. The lowest BCUT2D eigenvalue weighted by molar-refractivity contribution is -0.144. The summed E-state index contributed by atoms with van der Waals surface area (Å²) in [5, 5.41) is 35.2. The minimum absolute atomic E-state index is 0.0169. The molecule has 2 aliphatic heterocycles. The van der Waals surface area contributed by atoms with E-state index in [1.54, 1.807) is 35.6 Å². The van der Waals surface area contributed by atoms with Crippen molar-refractivity contribution < 1.29 is 34.1 Å². The molecule has 0 radical (unpaired) electrons. The highest BCUT2D eigenvalue weighted by Gasteiger charge is 2.44. The zero-order chi connectivity index (χ0) is 52.2. The molecule has 6 N–H and O–H groups in total. The van der Waals surface area contributed by atoms with E-state index < -0.39 is 23.6 Å².